The van der Waals surface area contributed by atoms with Gasteiger partial charge in [-0.05, 0) is 20.3 Å². The number of nitrogen functional groups attached to an aromatic ring is 1. The zero-order chi connectivity index (χ0) is 12.1. The fourth-order valence-electron chi connectivity index (χ4n) is 1.76. The van der Waals surface area contributed by atoms with Crippen molar-refractivity contribution in [3.8, 4) is 0 Å². The van der Waals surface area contributed by atoms with E-state index < -0.39 is 0 Å². The summed E-state index contributed by atoms with van der Waals surface area (Å²) in [5.41, 5.74) is 7.71. The van der Waals surface area contributed by atoms with Crippen molar-refractivity contribution in [2.45, 2.75) is 26.8 Å². The zero-order valence-corrected chi connectivity index (χ0v) is 10.7. The number of hydrogen-bond acceptors (Lipinski definition) is 4. The summed E-state index contributed by atoms with van der Waals surface area (Å²) in [7, 11) is 3.75. The van der Waals surface area contributed by atoms with Crippen molar-refractivity contribution in [1.82, 2.24) is 9.78 Å². The van der Waals surface area contributed by atoms with Crippen LogP contribution in [-0.4, -0.2) is 37.1 Å². The first-order chi connectivity index (χ1) is 7.61. The highest BCUT2D eigenvalue weighted by Crippen LogP contribution is 2.25. The lowest BCUT2D eigenvalue weighted by molar-refractivity contribution is 0.196. The van der Waals surface area contributed by atoms with Crippen LogP contribution in [0.15, 0.2) is 0 Å². The smallest absolute Gasteiger partial charge is 0.150 e. The quantitative estimate of drug-likeness (QED) is 0.742. The van der Waals surface area contributed by atoms with Gasteiger partial charge in [-0.1, -0.05) is 0 Å². The van der Waals surface area contributed by atoms with Crippen LogP contribution in [-0.2, 0) is 11.3 Å². The van der Waals surface area contributed by atoms with Gasteiger partial charge in [0, 0.05) is 33.9 Å². The monoisotopic (exact) mass is 226 g/mol. The van der Waals surface area contributed by atoms with Crippen LogP contribution < -0.4 is 10.6 Å². The van der Waals surface area contributed by atoms with Gasteiger partial charge in [0.15, 0.2) is 0 Å². The Bertz CT molecular complexity index is 335. The van der Waals surface area contributed by atoms with E-state index in [4.69, 9.17) is 10.5 Å². The number of anilines is 2. The molecule has 0 atom stereocenters. The van der Waals surface area contributed by atoms with Crippen LogP contribution in [0.25, 0.3) is 0 Å². The molecule has 1 rings (SSSR count). The number of aromatic nitrogens is 2. The predicted octanol–water partition coefficient (Wildman–Crippen LogP) is 1.27. The minimum atomic E-state index is 0.767. The summed E-state index contributed by atoms with van der Waals surface area (Å²) in [6, 6.07) is 0. The minimum absolute atomic E-state index is 0.767. The standard InChI is InChI=1S/C11H22N4O/c1-5-15-11(10(12)9(2)13-15)14(3)7-6-8-16-4/h5-8,12H2,1-4H3. The molecule has 2 N–H and O–H groups in total. The Morgan fingerprint density at radius 2 is 2.19 bits per heavy atom. The highest BCUT2D eigenvalue weighted by Gasteiger charge is 2.14. The van der Waals surface area contributed by atoms with E-state index in [1.54, 1.807) is 7.11 Å². The molecule has 5 nitrogen and oxygen atoms in total. The van der Waals surface area contributed by atoms with Crippen LogP contribution in [0.2, 0.25) is 0 Å². The fourth-order valence-corrected chi connectivity index (χ4v) is 1.76. The first-order valence-corrected chi connectivity index (χ1v) is 5.64. The Labute approximate surface area is 97.2 Å². The Morgan fingerprint density at radius 3 is 2.75 bits per heavy atom. The maximum Gasteiger partial charge on any atom is 0.150 e. The van der Waals surface area contributed by atoms with E-state index in [9.17, 15) is 0 Å². The summed E-state index contributed by atoms with van der Waals surface area (Å²) in [5, 5.41) is 4.40. The highest BCUT2D eigenvalue weighted by molar-refractivity contribution is 5.65. The first kappa shape index (κ1) is 12.8. The third kappa shape index (κ3) is 2.66. The van der Waals surface area contributed by atoms with Crippen LogP contribution in [0.3, 0.4) is 0 Å². The fraction of sp³-hybridized carbons (Fsp3) is 0.727. The molecule has 0 saturated heterocycles. The maximum atomic E-state index is 6.03. The third-order valence-electron chi connectivity index (χ3n) is 2.65. The summed E-state index contributed by atoms with van der Waals surface area (Å²) in [4.78, 5) is 2.14. The summed E-state index contributed by atoms with van der Waals surface area (Å²) < 4.78 is 6.98. The van der Waals surface area contributed by atoms with Crippen LogP contribution in [0.1, 0.15) is 19.0 Å². The summed E-state index contributed by atoms with van der Waals surface area (Å²) in [5.74, 6) is 1.01. The Kier molecular flexibility index (Phi) is 4.61. The van der Waals surface area contributed by atoms with Crippen LogP contribution >= 0.6 is 0 Å². The van der Waals surface area contributed by atoms with E-state index in [-0.39, 0.29) is 0 Å². The molecule has 1 aromatic rings. The molecule has 0 amide bonds. The average Bonchev–Trinajstić information content (AvgIpc) is 2.55. The summed E-state index contributed by atoms with van der Waals surface area (Å²) >= 11 is 0. The molecule has 0 aliphatic rings. The van der Waals surface area contributed by atoms with Gasteiger partial charge in [0.1, 0.15) is 5.82 Å². The lowest BCUT2D eigenvalue weighted by Crippen LogP contribution is -2.23. The van der Waals surface area contributed by atoms with Crippen molar-refractivity contribution in [3.05, 3.63) is 5.69 Å². The number of methoxy groups -OCH3 is 1. The van der Waals surface area contributed by atoms with Crippen molar-refractivity contribution in [3.63, 3.8) is 0 Å². The number of ether oxygens (including phenoxy) is 1. The van der Waals surface area contributed by atoms with Crippen molar-refractivity contribution in [2.24, 2.45) is 0 Å². The molecule has 92 valence electrons. The number of rotatable bonds is 6. The molecule has 1 heterocycles. The van der Waals surface area contributed by atoms with Crippen molar-refractivity contribution in [2.75, 3.05) is 37.9 Å². The normalized spacial score (nSPS) is 10.8. The second-order valence-electron chi connectivity index (χ2n) is 3.91. The van der Waals surface area contributed by atoms with Crippen LogP contribution in [0.4, 0.5) is 11.5 Å². The van der Waals surface area contributed by atoms with Gasteiger partial charge >= 0.3 is 0 Å². The van der Waals surface area contributed by atoms with E-state index in [0.717, 1.165) is 43.3 Å². The summed E-state index contributed by atoms with van der Waals surface area (Å²) in [6.45, 7) is 6.53. The Morgan fingerprint density at radius 1 is 1.50 bits per heavy atom. The summed E-state index contributed by atoms with van der Waals surface area (Å²) in [6.07, 6.45) is 0.986. The lowest BCUT2D eigenvalue weighted by atomic mass is 10.3. The van der Waals surface area contributed by atoms with Gasteiger partial charge in [-0.2, -0.15) is 5.10 Å². The van der Waals surface area contributed by atoms with Crippen LogP contribution in [0.5, 0.6) is 0 Å². The molecule has 0 saturated carbocycles. The molecule has 0 unspecified atom stereocenters. The van der Waals surface area contributed by atoms with Gasteiger partial charge in [-0.3, -0.25) is 0 Å². The number of nitrogens with two attached hydrogens (primary N) is 1. The molecular formula is C11H22N4O. The molecule has 0 aliphatic carbocycles. The molecule has 16 heavy (non-hydrogen) atoms. The van der Waals surface area contributed by atoms with Gasteiger partial charge in [0.2, 0.25) is 0 Å². The van der Waals surface area contributed by atoms with E-state index in [0.29, 0.717) is 0 Å². The Hall–Kier alpha value is -1.23. The second-order valence-corrected chi connectivity index (χ2v) is 3.91. The van der Waals surface area contributed by atoms with Gasteiger partial charge in [0.25, 0.3) is 0 Å². The molecule has 0 radical (unpaired) electrons. The van der Waals surface area contributed by atoms with E-state index in [1.807, 2.05) is 18.7 Å². The maximum absolute atomic E-state index is 6.03. The van der Waals surface area contributed by atoms with Gasteiger partial charge in [-0.15, -0.1) is 0 Å². The van der Waals surface area contributed by atoms with Crippen molar-refractivity contribution < 1.29 is 4.74 Å². The van der Waals surface area contributed by atoms with Gasteiger partial charge in [-0.25, -0.2) is 4.68 Å². The molecule has 0 spiro atoms. The zero-order valence-electron chi connectivity index (χ0n) is 10.7. The van der Waals surface area contributed by atoms with E-state index >= 15 is 0 Å². The number of hydrogen-bond donors (Lipinski definition) is 1. The highest BCUT2D eigenvalue weighted by atomic mass is 16.5. The second kappa shape index (κ2) is 5.75. The van der Waals surface area contributed by atoms with Crippen molar-refractivity contribution >= 4 is 11.5 Å². The predicted molar refractivity (Wildman–Crippen MR) is 66.8 cm³/mol. The topological polar surface area (TPSA) is 56.3 Å². The molecule has 5 heteroatoms. The van der Waals surface area contributed by atoms with E-state index in [2.05, 4.69) is 16.9 Å². The molecule has 0 fully saturated rings. The van der Waals surface area contributed by atoms with Gasteiger partial charge < -0.3 is 15.4 Å². The third-order valence-corrected chi connectivity index (χ3v) is 2.65. The molecule has 0 bridgehead atoms. The molecule has 0 aliphatic heterocycles. The first-order valence-electron chi connectivity index (χ1n) is 5.64. The Balaban J connectivity index is 2.76. The van der Waals surface area contributed by atoms with Gasteiger partial charge in [0.05, 0.1) is 11.4 Å². The van der Waals surface area contributed by atoms with Crippen molar-refractivity contribution in [1.29, 1.82) is 0 Å². The SMILES string of the molecule is CCn1nc(C)c(N)c1N(C)CCCOC. The molecule has 0 aromatic carbocycles. The largest absolute Gasteiger partial charge is 0.394 e. The average molecular weight is 226 g/mol. The lowest BCUT2D eigenvalue weighted by Gasteiger charge is -2.20. The number of nitrogens with zero attached hydrogens (tertiary/aromatic N) is 3. The molecular weight excluding hydrogens is 204 g/mol. The van der Waals surface area contributed by atoms with E-state index in [1.165, 1.54) is 0 Å². The van der Waals surface area contributed by atoms with Crippen LogP contribution in [0, 0.1) is 6.92 Å². The number of aryl methyl sites for hydroxylation is 2. The molecule has 1 aromatic heterocycles. The minimum Gasteiger partial charge on any atom is -0.394 e.